The number of β-amino-alcohol motifs (C(OH)–C–C–N with tert-alkyl or cyclic N) is 1. The Kier molecular flexibility index (Phi) is 15.5. The molecule has 3 heterocycles. The SMILES string of the molecule is Cc1ncsc1-c1ccc(CNC(=O)[C@@H]2C[C@@H](O)CN2C(=O)C(NC(=O)c2cccc(OCCCCOc3ccc(N4C(=S)N(c5ccc(C#N)c(C(F)(F)F)c5)C(=O)C4(C)C)cc3)c2)C(C)(C)C)cc1. The van der Waals surface area contributed by atoms with Gasteiger partial charge in [-0.05, 0) is 123 Å². The standard InChI is InChI=1S/C52H54F3N7O7S2/c1-31-43(71-30-58-31)33-14-12-32(13-15-33)28-57-46(65)42-26-38(63)29-60(42)47(66)44(50(2,3)4)59-45(64)34-10-9-11-40(24-34)69-23-8-7-22-68-39-20-18-36(19-21-39)62-49(70)61(48(67)51(62,5)6)37-17-16-35(27-56)41(25-37)52(53,54)55/h9-21,24-25,30,38,42,44,63H,7-8,22-23,26,28-29H2,1-6H3,(H,57,65)(H,59,64)/t38-,42+,44?/m1/s1. The van der Waals surface area contributed by atoms with Gasteiger partial charge in [0.05, 0.1) is 58.3 Å². The van der Waals surface area contributed by atoms with Gasteiger partial charge in [0.25, 0.3) is 11.8 Å². The van der Waals surface area contributed by atoms with Crippen LogP contribution in [0.5, 0.6) is 11.5 Å². The Bertz CT molecular complexity index is 2840. The largest absolute Gasteiger partial charge is 0.494 e. The second-order valence-electron chi connectivity index (χ2n) is 18.9. The molecule has 372 valence electrons. The molecule has 19 heteroatoms. The number of benzene rings is 4. The summed E-state index contributed by atoms with van der Waals surface area (Å²) in [6.07, 6.45) is -4.45. The Balaban J connectivity index is 0.884. The van der Waals surface area contributed by atoms with Crippen LogP contribution in [0.15, 0.2) is 96.5 Å². The van der Waals surface area contributed by atoms with Crippen molar-refractivity contribution in [3.63, 3.8) is 0 Å². The minimum Gasteiger partial charge on any atom is -0.494 e. The zero-order chi connectivity index (χ0) is 51.4. The fourth-order valence-corrected chi connectivity index (χ4v) is 9.79. The third-order valence-corrected chi connectivity index (χ3v) is 13.6. The number of carbonyl (C=O) groups is 4. The Morgan fingerprint density at radius 2 is 1.62 bits per heavy atom. The quantitative estimate of drug-likeness (QED) is 0.0637. The summed E-state index contributed by atoms with van der Waals surface area (Å²) in [5.74, 6) is -0.939. The van der Waals surface area contributed by atoms with E-state index in [9.17, 15) is 42.7 Å². The second kappa shape index (κ2) is 21.2. The molecule has 71 heavy (non-hydrogen) atoms. The molecule has 3 N–H and O–H groups in total. The van der Waals surface area contributed by atoms with E-state index in [1.54, 1.807) is 90.2 Å². The number of aliphatic hydroxyl groups is 1. The monoisotopic (exact) mass is 1010 g/mol. The van der Waals surface area contributed by atoms with Crippen LogP contribution in [0.1, 0.15) is 86.6 Å². The number of ether oxygens (including phenoxy) is 2. The van der Waals surface area contributed by atoms with Crippen LogP contribution in [0.25, 0.3) is 10.4 Å². The lowest BCUT2D eigenvalue weighted by molar-refractivity contribution is -0.142. The summed E-state index contributed by atoms with van der Waals surface area (Å²) in [6, 6.07) is 23.8. The number of halogens is 3. The lowest BCUT2D eigenvalue weighted by Gasteiger charge is -2.35. The molecule has 2 fully saturated rings. The molecule has 4 amide bonds. The summed E-state index contributed by atoms with van der Waals surface area (Å²) < 4.78 is 53.2. The van der Waals surface area contributed by atoms with Crippen LogP contribution in [0.3, 0.4) is 0 Å². The van der Waals surface area contributed by atoms with Crippen LogP contribution in [0.4, 0.5) is 24.5 Å². The van der Waals surface area contributed by atoms with Crippen molar-refractivity contribution in [1.82, 2.24) is 20.5 Å². The average Bonchev–Trinajstić information content (AvgIpc) is 4.00. The van der Waals surface area contributed by atoms with E-state index >= 15 is 0 Å². The molecule has 2 aliphatic rings. The normalized spacial score (nSPS) is 17.2. The van der Waals surface area contributed by atoms with Crippen molar-refractivity contribution in [2.24, 2.45) is 5.41 Å². The molecule has 2 saturated heterocycles. The summed E-state index contributed by atoms with van der Waals surface area (Å²) in [6.45, 7) is 11.5. The van der Waals surface area contributed by atoms with Crippen molar-refractivity contribution in [1.29, 1.82) is 5.26 Å². The molecular formula is C52H54F3N7O7S2. The Labute approximate surface area is 419 Å². The molecule has 0 bridgehead atoms. The second-order valence-corrected chi connectivity index (χ2v) is 20.2. The molecule has 4 aromatic carbocycles. The Morgan fingerprint density at radius 1 is 0.958 bits per heavy atom. The van der Waals surface area contributed by atoms with E-state index in [1.807, 2.05) is 52.0 Å². The maximum Gasteiger partial charge on any atom is 0.417 e. The number of alkyl halides is 3. The molecule has 0 saturated carbocycles. The number of nitrogens with one attached hydrogen (secondary N) is 2. The number of hydrogen-bond donors (Lipinski definition) is 3. The summed E-state index contributed by atoms with van der Waals surface area (Å²) in [7, 11) is 0. The summed E-state index contributed by atoms with van der Waals surface area (Å²) in [5, 5.41) is 25.7. The van der Waals surface area contributed by atoms with Crippen LogP contribution in [-0.4, -0.2) is 87.2 Å². The van der Waals surface area contributed by atoms with E-state index in [4.69, 9.17) is 21.7 Å². The average molecular weight is 1010 g/mol. The highest BCUT2D eigenvalue weighted by molar-refractivity contribution is 7.81. The van der Waals surface area contributed by atoms with Gasteiger partial charge in [0.2, 0.25) is 11.8 Å². The maximum absolute atomic E-state index is 14.2. The van der Waals surface area contributed by atoms with Gasteiger partial charge in [0.1, 0.15) is 29.1 Å². The lowest BCUT2D eigenvalue weighted by atomic mass is 9.85. The molecular weight excluding hydrogens is 956 g/mol. The molecule has 0 radical (unpaired) electrons. The van der Waals surface area contributed by atoms with Crippen LogP contribution < -0.4 is 29.9 Å². The predicted molar refractivity (Wildman–Crippen MR) is 267 cm³/mol. The lowest BCUT2D eigenvalue weighted by Crippen LogP contribution is -2.57. The summed E-state index contributed by atoms with van der Waals surface area (Å²) >= 11 is 7.19. The first-order valence-electron chi connectivity index (χ1n) is 22.9. The summed E-state index contributed by atoms with van der Waals surface area (Å²) in [5.41, 5.74) is 1.60. The Hall–Kier alpha value is -6.88. The molecule has 7 rings (SSSR count). The smallest absolute Gasteiger partial charge is 0.417 e. The van der Waals surface area contributed by atoms with Gasteiger partial charge in [-0.25, -0.2) is 4.98 Å². The molecule has 3 atom stereocenters. The Morgan fingerprint density at radius 3 is 2.24 bits per heavy atom. The third-order valence-electron chi connectivity index (χ3n) is 12.3. The minimum absolute atomic E-state index is 0.0189. The molecule has 14 nitrogen and oxygen atoms in total. The van der Waals surface area contributed by atoms with Gasteiger partial charge in [0.15, 0.2) is 5.11 Å². The number of aliphatic hydroxyl groups excluding tert-OH is 1. The number of likely N-dealkylation sites (tertiary alicyclic amines) is 1. The third kappa shape index (κ3) is 11.7. The van der Waals surface area contributed by atoms with Crippen LogP contribution >= 0.6 is 23.6 Å². The van der Waals surface area contributed by atoms with Gasteiger partial charge >= 0.3 is 6.18 Å². The first kappa shape index (κ1) is 52.0. The number of carbonyl (C=O) groups excluding carboxylic acids is 4. The van der Waals surface area contributed by atoms with Gasteiger partial charge < -0.3 is 35.0 Å². The van der Waals surface area contributed by atoms with Crippen LogP contribution in [0.2, 0.25) is 0 Å². The number of aromatic nitrogens is 1. The first-order chi connectivity index (χ1) is 33.6. The molecule has 0 spiro atoms. The van der Waals surface area contributed by atoms with E-state index in [-0.39, 0.29) is 35.9 Å². The molecule has 5 aromatic rings. The van der Waals surface area contributed by atoms with Gasteiger partial charge in [-0.15, -0.1) is 11.3 Å². The van der Waals surface area contributed by atoms with E-state index < -0.39 is 70.1 Å². The van der Waals surface area contributed by atoms with Crippen LogP contribution in [-0.2, 0) is 27.1 Å². The number of hydrogen-bond acceptors (Lipinski definition) is 11. The van der Waals surface area contributed by atoms with Crippen molar-refractivity contribution in [2.45, 2.75) is 97.3 Å². The van der Waals surface area contributed by atoms with Gasteiger partial charge in [-0.2, -0.15) is 18.4 Å². The van der Waals surface area contributed by atoms with Crippen molar-refractivity contribution in [2.75, 3.05) is 29.6 Å². The first-order valence-corrected chi connectivity index (χ1v) is 24.2. The van der Waals surface area contributed by atoms with Crippen molar-refractivity contribution < 1.29 is 46.9 Å². The highest BCUT2D eigenvalue weighted by atomic mass is 32.1. The van der Waals surface area contributed by atoms with Crippen LogP contribution in [0, 0.1) is 23.7 Å². The number of rotatable bonds is 16. The fourth-order valence-electron chi connectivity index (χ4n) is 8.46. The number of anilines is 2. The molecule has 2 aliphatic heterocycles. The van der Waals surface area contributed by atoms with Gasteiger partial charge in [-0.3, -0.25) is 24.1 Å². The minimum atomic E-state index is -4.81. The predicted octanol–water partition coefficient (Wildman–Crippen LogP) is 8.59. The number of unbranched alkanes of at least 4 members (excludes halogenated alkanes) is 1. The number of amides is 4. The molecule has 1 aromatic heterocycles. The van der Waals surface area contributed by atoms with Gasteiger partial charge in [0, 0.05) is 30.8 Å². The van der Waals surface area contributed by atoms with Gasteiger partial charge in [-0.1, -0.05) is 51.1 Å². The highest BCUT2D eigenvalue weighted by Gasteiger charge is 2.51. The molecule has 0 aliphatic carbocycles. The van der Waals surface area contributed by atoms with E-state index in [0.717, 1.165) is 38.7 Å². The van der Waals surface area contributed by atoms with E-state index in [2.05, 4.69) is 15.6 Å². The fraction of sp³-hybridized carbons (Fsp3) is 0.365. The number of nitrogens with zero attached hydrogens (tertiary/aromatic N) is 5. The number of thiocarbonyl (C=S) groups is 1. The van der Waals surface area contributed by atoms with Crippen molar-refractivity contribution >= 4 is 63.7 Å². The van der Waals surface area contributed by atoms with Crippen molar-refractivity contribution in [3.05, 3.63) is 124 Å². The zero-order valence-corrected chi connectivity index (χ0v) is 41.6. The number of thiazole rings is 1. The summed E-state index contributed by atoms with van der Waals surface area (Å²) in [4.78, 5) is 64.4. The number of aryl methyl sites for hydroxylation is 1. The molecule has 1 unspecified atom stereocenters. The number of nitriles is 1. The van der Waals surface area contributed by atoms with Crippen molar-refractivity contribution in [3.8, 4) is 28.0 Å². The van der Waals surface area contributed by atoms with E-state index in [1.165, 1.54) is 11.0 Å². The maximum atomic E-state index is 14.2. The highest BCUT2D eigenvalue weighted by Crippen LogP contribution is 2.40. The zero-order valence-electron chi connectivity index (χ0n) is 40.0. The van der Waals surface area contributed by atoms with E-state index in [0.29, 0.717) is 43.2 Å². The topological polar surface area (TPSA) is 177 Å².